The number of benzene rings is 1. The summed E-state index contributed by atoms with van der Waals surface area (Å²) in [6.45, 7) is 0.243. The number of nitrogens with one attached hydrogen (secondary N) is 1. The van der Waals surface area contributed by atoms with Gasteiger partial charge in [-0.05, 0) is 12.1 Å². The largest absolute Gasteiger partial charge is 0.377 e. The van der Waals surface area contributed by atoms with Gasteiger partial charge in [-0.2, -0.15) is 0 Å². The second-order valence-electron chi connectivity index (χ2n) is 2.88. The van der Waals surface area contributed by atoms with E-state index in [-0.39, 0.29) is 12.2 Å². The normalized spacial score (nSPS) is 10.7. The zero-order valence-corrected chi connectivity index (χ0v) is 8.59. The summed E-state index contributed by atoms with van der Waals surface area (Å²) < 4.78 is 35.7. The highest BCUT2D eigenvalue weighted by Crippen LogP contribution is 2.16. The van der Waals surface area contributed by atoms with E-state index in [0.717, 1.165) is 6.07 Å². The number of methoxy groups -OCH3 is 2. The fourth-order valence-electron chi connectivity index (χ4n) is 1.10. The molecule has 1 N–H and O–H groups in total. The smallest absolute Gasteiger partial charge is 0.181 e. The molecule has 1 aromatic carbocycles. The van der Waals surface area contributed by atoms with E-state index >= 15 is 0 Å². The van der Waals surface area contributed by atoms with Crippen molar-refractivity contribution in [3.63, 3.8) is 0 Å². The fourth-order valence-corrected chi connectivity index (χ4v) is 1.10. The highest BCUT2D eigenvalue weighted by Gasteiger charge is 2.09. The number of ether oxygens (including phenoxy) is 2. The molecular formula is C10H13F2NO2. The van der Waals surface area contributed by atoms with Gasteiger partial charge in [0.05, 0.1) is 12.2 Å². The van der Waals surface area contributed by atoms with Crippen molar-refractivity contribution in [2.45, 2.75) is 6.29 Å². The first-order chi connectivity index (χ1) is 7.19. The van der Waals surface area contributed by atoms with Crippen LogP contribution < -0.4 is 5.32 Å². The first-order valence-corrected chi connectivity index (χ1v) is 4.42. The summed E-state index contributed by atoms with van der Waals surface area (Å²) >= 11 is 0. The first kappa shape index (κ1) is 11.9. The molecule has 0 radical (unpaired) electrons. The molecule has 0 aromatic heterocycles. The summed E-state index contributed by atoms with van der Waals surface area (Å²) in [6.07, 6.45) is -0.493. The molecule has 84 valence electrons. The second-order valence-corrected chi connectivity index (χ2v) is 2.88. The van der Waals surface area contributed by atoms with E-state index < -0.39 is 17.9 Å². The third-order valence-electron chi connectivity index (χ3n) is 1.94. The van der Waals surface area contributed by atoms with E-state index in [9.17, 15) is 8.78 Å². The van der Waals surface area contributed by atoms with Crippen LogP contribution in [-0.4, -0.2) is 27.1 Å². The van der Waals surface area contributed by atoms with Crippen LogP contribution in [0.25, 0.3) is 0 Å². The Hall–Kier alpha value is -1.20. The minimum atomic E-state index is -0.900. The predicted octanol–water partition coefficient (Wildman–Crippen LogP) is 2.00. The molecule has 0 spiro atoms. The first-order valence-electron chi connectivity index (χ1n) is 4.42. The van der Waals surface area contributed by atoms with Crippen molar-refractivity contribution in [3.05, 3.63) is 29.8 Å². The molecule has 0 aliphatic carbocycles. The van der Waals surface area contributed by atoms with E-state index in [1.54, 1.807) is 0 Å². The van der Waals surface area contributed by atoms with Gasteiger partial charge in [0.15, 0.2) is 17.9 Å². The molecule has 0 saturated heterocycles. The molecule has 3 nitrogen and oxygen atoms in total. The average molecular weight is 217 g/mol. The van der Waals surface area contributed by atoms with Crippen LogP contribution in [0.4, 0.5) is 14.5 Å². The van der Waals surface area contributed by atoms with Gasteiger partial charge in [0.25, 0.3) is 0 Å². The third-order valence-corrected chi connectivity index (χ3v) is 1.94. The molecule has 0 amide bonds. The van der Waals surface area contributed by atoms with Crippen LogP contribution in [0.15, 0.2) is 18.2 Å². The topological polar surface area (TPSA) is 30.5 Å². The van der Waals surface area contributed by atoms with Gasteiger partial charge in [-0.15, -0.1) is 0 Å². The summed E-state index contributed by atoms with van der Waals surface area (Å²) in [5.74, 6) is -1.78. The third kappa shape index (κ3) is 3.14. The monoisotopic (exact) mass is 217 g/mol. The number of hydrogen-bond acceptors (Lipinski definition) is 3. The van der Waals surface area contributed by atoms with Crippen LogP contribution in [-0.2, 0) is 9.47 Å². The Morgan fingerprint density at radius 1 is 1.27 bits per heavy atom. The lowest BCUT2D eigenvalue weighted by Gasteiger charge is -2.15. The van der Waals surface area contributed by atoms with Crippen molar-refractivity contribution >= 4 is 5.69 Å². The second kappa shape index (κ2) is 5.63. The van der Waals surface area contributed by atoms with Gasteiger partial charge >= 0.3 is 0 Å². The van der Waals surface area contributed by atoms with Gasteiger partial charge in [-0.3, -0.25) is 0 Å². The molecule has 1 aromatic rings. The summed E-state index contributed by atoms with van der Waals surface area (Å²) in [6, 6.07) is 3.93. The Kier molecular flexibility index (Phi) is 4.45. The number of anilines is 1. The summed E-state index contributed by atoms with van der Waals surface area (Å²) in [7, 11) is 2.94. The molecule has 0 heterocycles. The maximum absolute atomic E-state index is 13.1. The van der Waals surface area contributed by atoms with Gasteiger partial charge in [-0.1, -0.05) is 6.07 Å². The Morgan fingerprint density at radius 2 is 1.93 bits per heavy atom. The zero-order chi connectivity index (χ0) is 11.3. The Morgan fingerprint density at radius 3 is 2.53 bits per heavy atom. The molecule has 0 fully saturated rings. The number of rotatable bonds is 5. The predicted molar refractivity (Wildman–Crippen MR) is 52.7 cm³/mol. The van der Waals surface area contributed by atoms with E-state index in [1.165, 1.54) is 26.4 Å². The molecule has 0 atom stereocenters. The van der Waals surface area contributed by atoms with E-state index in [2.05, 4.69) is 5.32 Å². The highest BCUT2D eigenvalue weighted by molar-refractivity contribution is 5.44. The molecule has 0 bridgehead atoms. The van der Waals surface area contributed by atoms with E-state index in [0.29, 0.717) is 0 Å². The molecular weight excluding hydrogens is 204 g/mol. The quantitative estimate of drug-likeness (QED) is 0.765. The average Bonchev–Trinajstić information content (AvgIpc) is 2.25. The fraction of sp³-hybridized carbons (Fsp3) is 0.400. The van der Waals surface area contributed by atoms with Crippen molar-refractivity contribution in [2.24, 2.45) is 0 Å². The molecule has 0 aliphatic rings. The summed E-state index contributed by atoms with van der Waals surface area (Å²) in [5, 5.41) is 2.69. The molecule has 0 unspecified atom stereocenters. The lowest BCUT2D eigenvalue weighted by atomic mass is 10.3. The molecule has 1 rings (SSSR count). The van der Waals surface area contributed by atoms with Crippen molar-refractivity contribution in [3.8, 4) is 0 Å². The lowest BCUT2D eigenvalue weighted by Crippen LogP contribution is -2.24. The number of halogens is 2. The van der Waals surface area contributed by atoms with Crippen molar-refractivity contribution < 1.29 is 18.3 Å². The SMILES string of the molecule is COC(CNc1cccc(F)c1F)OC. The van der Waals surface area contributed by atoms with Crippen LogP contribution in [0.5, 0.6) is 0 Å². The van der Waals surface area contributed by atoms with Crippen molar-refractivity contribution in [1.29, 1.82) is 0 Å². The minimum absolute atomic E-state index is 0.0918. The van der Waals surface area contributed by atoms with Crippen LogP contribution in [0.1, 0.15) is 0 Å². The Balaban J connectivity index is 2.61. The highest BCUT2D eigenvalue weighted by atomic mass is 19.2. The van der Waals surface area contributed by atoms with Crippen LogP contribution in [0, 0.1) is 11.6 Å². The number of hydrogen-bond donors (Lipinski definition) is 1. The van der Waals surface area contributed by atoms with E-state index in [4.69, 9.17) is 9.47 Å². The molecule has 15 heavy (non-hydrogen) atoms. The van der Waals surface area contributed by atoms with Crippen molar-refractivity contribution in [2.75, 3.05) is 26.1 Å². The van der Waals surface area contributed by atoms with Crippen LogP contribution in [0.3, 0.4) is 0 Å². The minimum Gasteiger partial charge on any atom is -0.377 e. The Bertz CT molecular complexity index is 316. The van der Waals surface area contributed by atoms with Crippen molar-refractivity contribution in [1.82, 2.24) is 0 Å². The summed E-state index contributed by atoms with van der Waals surface area (Å²) in [5.41, 5.74) is 0.0918. The lowest BCUT2D eigenvalue weighted by molar-refractivity contribution is -0.0914. The van der Waals surface area contributed by atoms with Gasteiger partial charge in [0, 0.05) is 14.2 Å². The van der Waals surface area contributed by atoms with Gasteiger partial charge < -0.3 is 14.8 Å². The van der Waals surface area contributed by atoms with E-state index in [1.807, 2.05) is 0 Å². The molecule has 5 heteroatoms. The van der Waals surface area contributed by atoms with Crippen LogP contribution in [0.2, 0.25) is 0 Å². The molecule has 0 saturated carbocycles. The summed E-state index contributed by atoms with van der Waals surface area (Å²) in [4.78, 5) is 0. The molecule has 0 aliphatic heterocycles. The van der Waals surface area contributed by atoms with Crippen LogP contribution >= 0.6 is 0 Å². The zero-order valence-electron chi connectivity index (χ0n) is 8.59. The Labute approximate surface area is 87.0 Å². The van der Waals surface area contributed by atoms with Gasteiger partial charge in [-0.25, -0.2) is 8.78 Å². The maximum Gasteiger partial charge on any atom is 0.181 e. The standard InChI is InChI=1S/C10H13F2NO2/c1-14-9(15-2)6-13-8-5-3-4-7(11)10(8)12/h3-5,9,13H,6H2,1-2H3. The maximum atomic E-state index is 13.1. The van der Waals surface area contributed by atoms with Gasteiger partial charge in [0.2, 0.25) is 0 Å². The van der Waals surface area contributed by atoms with Gasteiger partial charge in [0.1, 0.15) is 0 Å².